The van der Waals surface area contributed by atoms with Gasteiger partial charge in [0.15, 0.2) is 0 Å². The largest absolute Gasteiger partial charge is 0.481 e. The Kier molecular flexibility index (Phi) is 3.66. The van der Waals surface area contributed by atoms with Gasteiger partial charge in [-0.1, -0.05) is 26.0 Å². The molecule has 1 saturated heterocycles. The van der Waals surface area contributed by atoms with E-state index in [2.05, 4.69) is 20.8 Å². The fraction of sp³-hybridized carbons (Fsp3) is 0.500. The highest BCUT2D eigenvalue weighted by atomic mass is 79.9. The third-order valence-corrected chi connectivity index (χ3v) is 4.53. The minimum atomic E-state index is -0.697. The van der Waals surface area contributed by atoms with Crippen LogP contribution in [0.15, 0.2) is 28.7 Å². The summed E-state index contributed by atoms with van der Waals surface area (Å²) in [5.41, 5.74) is 0.947. The summed E-state index contributed by atoms with van der Waals surface area (Å²) in [6.45, 7) is 5.57. The number of aliphatic carboxylic acids is 1. The van der Waals surface area contributed by atoms with Crippen LogP contribution >= 0.6 is 15.9 Å². The summed E-state index contributed by atoms with van der Waals surface area (Å²) in [6.07, 6.45) is 0.894. The second kappa shape index (κ2) is 4.92. The molecule has 1 unspecified atom stereocenters. The molecule has 1 atom stereocenters. The van der Waals surface area contributed by atoms with Crippen LogP contribution in [0.25, 0.3) is 0 Å². The van der Waals surface area contributed by atoms with E-state index in [4.69, 9.17) is 0 Å². The van der Waals surface area contributed by atoms with Crippen molar-refractivity contribution >= 4 is 27.6 Å². The Hall–Kier alpha value is -1.03. The number of nitrogens with zero attached hydrogens (tertiary/aromatic N) is 1. The van der Waals surface area contributed by atoms with Gasteiger partial charge < -0.3 is 10.0 Å². The number of para-hydroxylation sites is 1. The van der Waals surface area contributed by atoms with E-state index in [1.165, 1.54) is 0 Å². The highest BCUT2D eigenvalue weighted by Gasteiger charge is 2.40. The normalized spacial score (nSPS) is 22.8. The van der Waals surface area contributed by atoms with E-state index in [1.807, 2.05) is 38.1 Å². The third-order valence-electron chi connectivity index (χ3n) is 3.86. The first-order valence-electron chi connectivity index (χ1n) is 6.14. The summed E-state index contributed by atoms with van der Waals surface area (Å²) >= 11 is 3.53. The van der Waals surface area contributed by atoms with E-state index in [1.54, 1.807) is 0 Å². The Morgan fingerprint density at radius 2 is 2.11 bits per heavy atom. The molecule has 0 radical (unpaired) electrons. The van der Waals surface area contributed by atoms with Gasteiger partial charge in [0.2, 0.25) is 0 Å². The summed E-state index contributed by atoms with van der Waals surface area (Å²) in [7, 11) is 0. The second-order valence-electron chi connectivity index (χ2n) is 5.53. The Morgan fingerprint density at radius 1 is 1.44 bits per heavy atom. The summed E-state index contributed by atoms with van der Waals surface area (Å²) in [5, 5.41) is 9.37. The highest BCUT2D eigenvalue weighted by Crippen LogP contribution is 2.39. The zero-order chi connectivity index (χ0) is 13.3. The van der Waals surface area contributed by atoms with Gasteiger partial charge in [-0.15, -0.1) is 0 Å². The van der Waals surface area contributed by atoms with Crippen LogP contribution in [0, 0.1) is 11.3 Å². The predicted octanol–water partition coefficient (Wildman–Crippen LogP) is 3.39. The molecule has 0 aromatic heterocycles. The average Bonchev–Trinajstić information content (AvgIpc) is 2.29. The lowest BCUT2D eigenvalue weighted by Gasteiger charge is -2.43. The SMILES string of the molecule is CC1(C)CCN(c2ccccc2Br)CC1C(=O)O. The number of hydrogen-bond donors (Lipinski definition) is 1. The molecule has 3 nitrogen and oxygen atoms in total. The van der Waals surface area contributed by atoms with Crippen LogP contribution in [0.1, 0.15) is 20.3 Å². The molecular formula is C14H18BrNO2. The van der Waals surface area contributed by atoms with E-state index < -0.39 is 5.97 Å². The zero-order valence-corrected chi connectivity index (χ0v) is 12.3. The lowest BCUT2D eigenvalue weighted by molar-refractivity contribution is -0.146. The molecule has 1 N–H and O–H groups in total. The summed E-state index contributed by atoms with van der Waals surface area (Å²) in [4.78, 5) is 13.6. The summed E-state index contributed by atoms with van der Waals surface area (Å²) in [6, 6.07) is 7.97. The lowest BCUT2D eigenvalue weighted by atomic mass is 9.73. The maximum Gasteiger partial charge on any atom is 0.308 e. The number of hydrogen-bond acceptors (Lipinski definition) is 2. The molecule has 0 saturated carbocycles. The smallest absolute Gasteiger partial charge is 0.308 e. The Balaban J connectivity index is 2.24. The summed E-state index contributed by atoms with van der Waals surface area (Å²) in [5.74, 6) is -1.02. The minimum absolute atomic E-state index is 0.135. The lowest BCUT2D eigenvalue weighted by Crippen LogP contribution is -2.48. The Labute approximate surface area is 116 Å². The topological polar surface area (TPSA) is 40.5 Å². The molecule has 4 heteroatoms. The van der Waals surface area contributed by atoms with Crippen molar-refractivity contribution in [1.29, 1.82) is 0 Å². The molecule has 1 aliphatic rings. The number of piperidine rings is 1. The van der Waals surface area contributed by atoms with Crippen molar-refractivity contribution in [3.05, 3.63) is 28.7 Å². The number of carboxylic acids is 1. The number of carboxylic acid groups (broad SMARTS) is 1. The van der Waals surface area contributed by atoms with E-state index in [0.29, 0.717) is 6.54 Å². The number of benzene rings is 1. The van der Waals surface area contributed by atoms with E-state index in [0.717, 1.165) is 23.1 Å². The molecule has 0 amide bonds. The van der Waals surface area contributed by atoms with Gasteiger partial charge in [-0.05, 0) is 39.9 Å². The van der Waals surface area contributed by atoms with Crippen molar-refractivity contribution in [2.75, 3.05) is 18.0 Å². The molecule has 1 aromatic carbocycles. The monoisotopic (exact) mass is 311 g/mol. The number of anilines is 1. The first kappa shape index (κ1) is 13.4. The van der Waals surface area contributed by atoms with Gasteiger partial charge >= 0.3 is 5.97 Å². The molecule has 0 aliphatic carbocycles. The van der Waals surface area contributed by atoms with Gasteiger partial charge in [-0.2, -0.15) is 0 Å². The fourth-order valence-electron chi connectivity index (χ4n) is 2.50. The number of rotatable bonds is 2. The molecule has 1 aromatic rings. The van der Waals surface area contributed by atoms with Gasteiger partial charge in [0.05, 0.1) is 11.6 Å². The molecule has 1 fully saturated rings. The minimum Gasteiger partial charge on any atom is -0.481 e. The van der Waals surface area contributed by atoms with Gasteiger partial charge in [-0.25, -0.2) is 0 Å². The van der Waals surface area contributed by atoms with Crippen LogP contribution in [0.5, 0.6) is 0 Å². The molecule has 18 heavy (non-hydrogen) atoms. The molecule has 1 heterocycles. The summed E-state index contributed by atoms with van der Waals surface area (Å²) < 4.78 is 1.02. The third kappa shape index (κ3) is 2.53. The molecule has 2 rings (SSSR count). The molecule has 0 spiro atoms. The van der Waals surface area contributed by atoms with Gasteiger partial charge in [0.1, 0.15) is 0 Å². The quantitative estimate of drug-likeness (QED) is 0.910. The number of halogens is 1. The van der Waals surface area contributed by atoms with Gasteiger partial charge in [0, 0.05) is 17.6 Å². The van der Waals surface area contributed by atoms with E-state index in [9.17, 15) is 9.90 Å². The van der Waals surface area contributed by atoms with Gasteiger partial charge in [-0.3, -0.25) is 4.79 Å². The van der Waals surface area contributed by atoms with Crippen LogP contribution in [-0.4, -0.2) is 24.2 Å². The van der Waals surface area contributed by atoms with Crippen LogP contribution < -0.4 is 4.90 Å². The van der Waals surface area contributed by atoms with Crippen molar-refractivity contribution in [2.45, 2.75) is 20.3 Å². The Bertz CT molecular complexity index is 459. The van der Waals surface area contributed by atoms with Crippen LogP contribution in [0.2, 0.25) is 0 Å². The van der Waals surface area contributed by atoms with Crippen molar-refractivity contribution in [3.8, 4) is 0 Å². The molecule has 0 bridgehead atoms. The van der Waals surface area contributed by atoms with Crippen LogP contribution in [-0.2, 0) is 4.79 Å². The first-order valence-corrected chi connectivity index (χ1v) is 6.93. The average molecular weight is 312 g/mol. The number of carbonyl (C=O) groups is 1. The van der Waals surface area contributed by atoms with Crippen molar-refractivity contribution in [3.63, 3.8) is 0 Å². The van der Waals surface area contributed by atoms with Crippen molar-refractivity contribution in [1.82, 2.24) is 0 Å². The maximum atomic E-state index is 11.4. The molecular weight excluding hydrogens is 294 g/mol. The molecule has 1 aliphatic heterocycles. The van der Waals surface area contributed by atoms with Gasteiger partial charge in [0.25, 0.3) is 0 Å². The fourth-order valence-corrected chi connectivity index (χ4v) is 3.03. The van der Waals surface area contributed by atoms with Crippen molar-refractivity contribution in [2.24, 2.45) is 11.3 Å². The van der Waals surface area contributed by atoms with E-state index in [-0.39, 0.29) is 11.3 Å². The van der Waals surface area contributed by atoms with Crippen molar-refractivity contribution < 1.29 is 9.90 Å². The van der Waals surface area contributed by atoms with Crippen LogP contribution in [0.3, 0.4) is 0 Å². The molecule has 98 valence electrons. The zero-order valence-electron chi connectivity index (χ0n) is 10.7. The maximum absolute atomic E-state index is 11.4. The second-order valence-corrected chi connectivity index (χ2v) is 6.38. The van der Waals surface area contributed by atoms with Crippen LogP contribution in [0.4, 0.5) is 5.69 Å². The Morgan fingerprint density at radius 3 is 2.72 bits per heavy atom. The first-order chi connectivity index (χ1) is 8.42. The highest BCUT2D eigenvalue weighted by molar-refractivity contribution is 9.10. The standard InChI is InChI=1S/C14H18BrNO2/c1-14(2)7-8-16(9-10(14)13(17)18)12-6-4-3-5-11(12)15/h3-6,10H,7-9H2,1-2H3,(H,17,18). The van der Waals surface area contributed by atoms with E-state index >= 15 is 0 Å². The predicted molar refractivity (Wildman–Crippen MR) is 75.9 cm³/mol.